The van der Waals surface area contributed by atoms with Gasteiger partial charge >= 0.3 is 0 Å². The lowest BCUT2D eigenvalue weighted by molar-refractivity contribution is -0.127. The van der Waals surface area contributed by atoms with Crippen LogP contribution in [0.15, 0.2) is 0 Å². The summed E-state index contributed by atoms with van der Waals surface area (Å²) < 4.78 is 16.3. The minimum atomic E-state index is 0.0247. The first-order chi connectivity index (χ1) is 12.9. The lowest BCUT2D eigenvalue weighted by Crippen LogP contribution is -2.39. The zero-order chi connectivity index (χ0) is 20.1. The van der Waals surface area contributed by atoms with Crippen molar-refractivity contribution in [3.63, 3.8) is 0 Å². The molecule has 6 nitrogen and oxygen atoms in total. The molecule has 0 spiro atoms. The molecule has 1 fully saturated rings. The molecule has 0 aromatic heterocycles. The molecule has 0 bridgehead atoms. The number of nitrogens with one attached hydrogen (secondary N) is 1. The number of rotatable bonds is 14. The van der Waals surface area contributed by atoms with Crippen molar-refractivity contribution in [2.24, 2.45) is 17.8 Å². The molecule has 1 N–H and O–H groups in total. The van der Waals surface area contributed by atoms with Crippen LogP contribution < -0.4 is 5.32 Å². The van der Waals surface area contributed by atoms with E-state index in [4.69, 9.17) is 14.2 Å². The summed E-state index contributed by atoms with van der Waals surface area (Å²) >= 11 is 0. The highest BCUT2D eigenvalue weighted by molar-refractivity contribution is 5.83. The van der Waals surface area contributed by atoms with Gasteiger partial charge in [-0.2, -0.15) is 0 Å². The minimum Gasteiger partial charge on any atom is -0.379 e. The van der Waals surface area contributed by atoms with Crippen molar-refractivity contribution >= 4 is 11.7 Å². The summed E-state index contributed by atoms with van der Waals surface area (Å²) in [6.07, 6.45) is 3.92. The number of amides is 1. The standard InChI is InChI=1S/C21H39NO5/c1-16(2)15-27-14-13-26-12-11-25-10-9-20(23)22-19-7-5-18(6-8-19)21(24)17(3)4/h16-19H,5-15H2,1-4H3,(H,22,23). The molecule has 0 atom stereocenters. The van der Waals surface area contributed by atoms with Gasteiger partial charge < -0.3 is 19.5 Å². The second kappa shape index (κ2) is 14.1. The lowest BCUT2D eigenvalue weighted by atomic mass is 9.80. The molecule has 158 valence electrons. The van der Waals surface area contributed by atoms with Gasteiger partial charge in [0.1, 0.15) is 5.78 Å². The summed E-state index contributed by atoms with van der Waals surface area (Å²) in [6, 6.07) is 0.197. The highest BCUT2D eigenvalue weighted by atomic mass is 16.5. The zero-order valence-electron chi connectivity index (χ0n) is 17.6. The minimum absolute atomic E-state index is 0.0247. The lowest BCUT2D eigenvalue weighted by Gasteiger charge is -2.29. The number of ketones is 1. The number of hydrogen-bond donors (Lipinski definition) is 1. The van der Waals surface area contributed by atoms with Gasteiger partial charge in [0.25, 0.3) is 0 Å². The van der Waals surface area contributed by atoms with Crippen LogP contribution in [0.5, 0.6) is 0 Å². The number of hydrogen-bond acceptors (Lipinski definition) is 5. The summed E-state index contributed by atoms with van der Waals surface area (Å²) in [5.41, 5.74) is 0. The van der Waals surface area contributed by atoms with Crippen molar-refractivity contribution < 1.29 is 23.8 Å². The largest absolute Gasteiger partial charge is 0.379 e. The maximum atomic E-state index is 12.0. The Bertz CT molecular complexity index is 417. The van der Waals surface area contributed by atoms with Gasteiger partial charge in [-0.3, -0.25) is 9.59 Å². The Kier molecular flexibility index (Phi) is 12.5. The molecule has 6 heteroatoms. The van der Waals surface area contributed by atoms with Crippen LogP contribution in [0, 0.1) is 17.8 Å². The molecule has 0 aliphatic heterocycles. The molecule has 1 amide bonds. The van der Waals surface area contributed by atoms with Gasteiger partial charge in [0.15, 0.2) is 0 Å². The van der Waals surface area contributed by atoms with E-state index in [0.29, 0.717) is 51.2 Å². The third-order valence-corrected chi connectivity index (χ3v) is 4.73. The molecule has 0 aromatic carbocycles. The predicted octanol–water partition coefficient (Wildman–Crippen LogP) is 2.98. The first kappa shape index (κ1) is 24.1. The molecular weight excluding hydrogens is 346 g/mol. The fourth-order valence-corrected chi connectivity index (χ4v) is 3.22. The van der Waals surface area contributed by atoms with Crippen molar-refractivity contribution in [2.45, 2.75) is 65.8 Å². The number of Topliss-reactive ketones (excluding diaryl/α,β-unsaturated/α-hetero) is 1. The van der Waals surface area contributed by atoms with Gasteiger partial charge in [-0.05, 0) is 31.6 Å². The van der Waals surface area contributed by atoms with Crippen LogP contribution in [0.2, 0.25) is 0 Å². The predicted molar refractivity (Wildman–Crippen MR) is 106 cm³/mol. The zero-order valence-corrected chi connectivity index (χ0v) is 17.6. The normalized spacial score (nSPS) is 20.2. The molecule has 27 heavy (non-hydrogen) atoms. The molecular formula is C21H39NO5. The molecule has 0 aromatic rings. The van der Waals surface area contributed by atoms with Gasteiger partial charge in [0.05, 0.1) is 33.0 Å². The smallest absolute Gasteiger partial charge is 0.222 e. The third-order valence-electron chi connectivity index (χ3n) is 4.73. The third kappa shape index (κ3) is 11.5. The van der Waals surface area contributed by atoms with Crippen molar-refractivity contribution in [3.8, 4) is 0 Å². The Morgan fingerprint density at radius 2 is 1.41 bits per heavy atom. The molecule has 1 rings (SSSR count). The number of carbonyl (C=O) groups is 2. The van der Waals surface area contributed by atoms with Gasteiger partial charge in [0, 0.05) is 30.9 Å². The molecule has 0 radical (unpaired) electrons. The first-order valence-corrected chi connectivity index (χ1v) is 10.5. The number of carbonyl (C=O) groups excluding carboxylic acids is 2. The summed E-state index contributed by atoms with van der Waals surface area (Å²) in [7, 11) is 0. The summed E-state index contributed by atoms with van der Waals surface area (Å²) in [6.45, 7) is 11.5. The molecule has 1 aliphatic rings. The first-order valence-electron chi connectivity index (χ1n) is 10.5. The van der Waals surface area contributed by atoms with E-state index in [1.54, 1.807) is 0 Å². The summed E-state index contributed by atoms with van der Waals surface area (Å²) in [4.78, 5) is 24.0. The molecule has 1 saturated carbocycles. The van der Waals surface area contributed by atoms with E-state index in [-0.39, 0.29) is 23.8 Å². The van der Waals surface area contributed by atoms with Crippen molar-refractivity contribution in [1.29, 1.82) is 0 Å². The van der Waals surface area contributed by atoms with E-state index < -0.39 is 0 Å². The SMILES string of the molecule is CC(C)COCCOCCOCCC(=O)NC1CCC(C(=O)C(C)C)CC1. The van der Waals surface area contributed by atoms with Crippen molar-refractivity contribution in [3.05, 3.63) is 0 Å². The van der Waals surface area contributed by atoms with Gasteiger partial charge in [-0.15, -0.1) is 0 Å². The Labute approximate surface area is 164 Å². The van der Waals surface area contributed by atoms with Gasteiger partial charge in [-0.1, -0.05) is 27.7 Å². The average molecular weight is 386 g/mol. The Morgan fingerprint density at radius 1 is 0.852 bits per heavy atom. The quantitative estimate of drug-likeness (QED) is 0.465. The molecule has 0 heterocycles. The topological polar surface area (TPSA) is 73.9 Å². The monoisotopic (exact) mass is 385 g/mol. The van der Waals surface area contributed by atoms with E-state index in [0.717, 1.165) is 32.3 Å². The van der Waals surface area contributed by atoms with E-state index in [1.807, 2.05) is 13.8 Å². The molecule has 0 saturated heterocycles. The van der Waals surface area contributed by atoms with Crippen LogP contribution in [0.25, 0.3) is 0 Å². The maximum Gasteiger partial charge on any atom is 0.222 e. The maximum absolute atomic E-state index is 12.0. The van der Waals surface area contributed by atoms with Crippen LogP contribution in [-0.4, -0.2) is 57.4 Å². The number of ether oxygens (including phenoxy) is 3. The fraction of sp³-hybridized carbons (Fsp3) is 0.905. The Hall–Kier alpha value is -0.980. The van der Waals surface area contributed by atoms with Crippen LogP contribution in [0.4, 0.5) is 0 Å². The highest BCUT2D eigenvalue weighted by Gasteiger charge is 2.28. The van der Waals surface area contributed by atoms with Crippen LogP contribution in [0.3, 0.4) is 0 Å². The summed E-state index contributed by atoms with van der Waals surface area (Å²) in [5.74, 6) is 1.21. The van der Waals surface area contributed by atoms with E-state index in [1.165, 1.54) is 0 Å². The van der Waals surface area contributed by atoms with Crippen LogP contribution >= 0.6 is 0 Å². The second-order valence-corrected chi connectivity index (χ2v) is 8.12. The van der Waals surface area contributed by atoms with E-state index in [9.17, 15) is 9.59 Å². The second-order valence-electron chi connectivity index (χ2n) is 8.12. The van der Waals surface area contributed by atoms with Crippen LogP contribution in [-0.2, 0) is 23.8 Å². The van der Waals surface area contributed by atoms with Crippen molar-refractivity contribution in [1.82, 2.24) is 5.32 Å². The van der Waals surface area contributed by atoms with Crippen molar-refractivity contribution in [2.75, 3.05) is 39.6 Å². The van der Waals surface area contributed by atoms with Gasteiger partial charge in [-0.25, -0.2) is 0 Å². The highest BCUT2D eigenvalue weighted by Crippen LogP contribution is 2.27. The van der Waals surface area contributed by atoms with E-state index >= 15 is 0 Å². The van der Waals surface area contributed by atoms with Crippen LogP contribution in [0.1, 0.15) is 59.8 Å². The van der Waals surface area contributed by atoms with Gasteiger partial charge in [0.2, 0.25) is 5.91 Å². The average Bonchev–Trinajstić information content (AvgIpc) is 2.63. The Morgan fingerprint density at radius 3 is 1.96 bits per heavy atom. The molecule has 0 unspecified atom stereocenters. The summed E-state index contributed by atoms with van der Waals surface area (Å²) in [5, 5.41) is 3.06. The fourth-order valence-electron chi connectivity index (χ4n) is 3.22. The molecule has 1 aliphatic carbocycles. The van der Waals surface area contributed by atoms with E-state index in [2.05, 4.69) is 19.2 Å². The Balaban J connectivity index is 1.96.